The van der Waals surface area contributed by atoms with Crippen molar-refractivity contribution in [3.8, 4) is 11.1 Å². The van der Waals surface area contributed by atoms with Crippen molar-refractivity contribution in [1.29, 1.82) is 5.41 Å². The van der Waals surface area contributed by atoms with Crippen molar-refractivity contribution in [3.05, 3.63) is 59.0 Å². The summed E-state index contributed by atoms with van der Waals surface area (Å²) in [5, 5.41) is 21.3. The van der Waals surface area contributed by atoms with Crippen LogP contribution >= 0.6 is 23.1 Å². The highest BCUT2D eigenvalue weighted by molar-refractivity contribution is 8.01. The SMILES string of the molecule is CSc1sc(C(=N)N)cc1S(=O)(=O)c1cccc(-c2c(C)cccc2NC(=O)NCC(=O)O)c1. The molecule has 0 aliphatic carbocycles. The number of anilines is 1. The Kier molecular flexibility index (Phi) is 7.64. The summed E-state index contributed by atoms with van der Waals surface area (Å²) >= 11 is 2.41. The van der Waals surface area contributed by atoms with Crippen molar-refractivity contribution in [3.63, 3.8) is 0 Å². The third-order valence-corrected chi connectivity index (χ3v) is 9.10. The van der Waals surface area contributed by atoms with Gasteiger partial charge in [0.05, 0.1) is 24.6 Å². The molecule has 0 fully saturated rings. The fourth-order valence-electron chi connectivity index (χ4n) is 3.24. The van der Waals surface area contributed by atoms with Gasteiger partial charge in [0.15, 0.2) is 0 Å². The van der Waals surface area contributed by atoms with Gasteiger partial charge in [0, 0.05) is 5.56 Å². The van der Waals surface area contributed by atoms with E-state index in [-0.39, 0.29) is 15.6 Å². The third-order valence-electron chi connectivity index (χ3n) is 4.76. The number of amides is 2. The minimum absolute atomic E-state index is 0.0535. The molecular weight excluding hydrogens is 496 g/mol. The molecule has 3 rings (SSSR count). The number of nitrogen functional groups attached to an aromatic ring is 1. The predicted molar refractivity (Wildman–Crippen MR) is 134 cm³/mol. The molecule has 9 nitrogen and oxygen atoms in total. The Morgan fingerprint density at radius 3 is 2.53 bits per heavy atom. The number of urea groups is 1. The monoisotopic (exact) mass is 518 g/mol. The first kappa shape index (κ1) is 25.3. The predicted octanol–water partition coefficient (Wildman–Crippen LogP) is 3.77. The number of nitrogens with one attached hydrogen (secondary N) is 3. The fraction of sp³-hybridized carbons (Fsp3) is 0.136. The largest absolute Gasteiger partial charge is 0.480 e. The van der Waals surface area contributed by atoms with Crippen molar-refractivity contribution in [2.24, 2.45) is 5.73 Å². The molecule has 12 heteroatoms. The Balaban J connectivity index is 2.05. The number of amidine groups is 1. The minimum Gasteiger partial charge on any atom is -0.480 e. The third kappa shape index (κ3) is 5.41. The average Bonchev–Trinajstić information content (AvgIpc) is 3.24. The van der Waals surface area contributed by atoms with Crippen LogP contribution in [-0.2, 0) is 14.6 Å². The number of sulfone groups is 1. The molecule has 0 unspecified atom stereocenters. The lowest BCUT2D eigenvalue weighted by Gasteiger charge is -2.15. The van der Waals surface area contributed by atoms with E-state index in [4.69, 9.17) is 16.2 Å². The molecule has 0 radical (unpaired) electrons. The molecule has 3 aromatic rings. The molecule has 1 heterocycles. The number of aliphatic carboxylic acids is 1. The van der Waals surface area contributed by atoms with E-state index < -0.39 is 28.4 Å². The molecule has 2 amide bonds. The quantitative estimate of drug-likeness (QED) is 0.172. The van der Waals surface area contributed by atoms with Crippen molar-refractivity contribution < 1.29 is 23.1 Å². The van der Waals surface area contributed by atoms with Crippen LogP contribution in [0, 0.1) is 12.3 Å². The minimum atomic E-state index is -3.92. The maximum Gasteiger partial charge on any atom is 0.323 e. The molecule has 0 aliphatic rings. The summed E-state index contributed by atoms with van der Waals surface area (Å²) in [7, 11) is -3.92. The van der Waals surface area contributed by atoms with Crippen LogP contribution in [0.25, 0.3) is 11.1 Å². The number of carboxylic acid groups (broad SMARTS) is 1. The molecule has 178 valence electrons. The Bertz CT molecular complexity index is 1380. The molecule has 0 atom stereocenters. The van der Waals surface area contributed by atoms with Crippen LogP contribution in [0.3, 0.4) is 0 Å². The van der Waals surface area contributed by atoms with Gasteiger partial charge < -0.3 is 21.5 Å². The van der Waals surface area contributed by atoms with Crippen LogP contribution in [-0.4, -0.2) is 44.2 Å². The zero-order valence-electron chi connectivity index (χ0n) is 18.2. The number of carboxylic acids is 1. The van der Waals surface area contributed by atoms with Crippen LogP contribution < -0.4 is 16.4 Å². The van der Waals surface area contributed by atoms with Gasteiger partial charge in [-0.3, -0.25) is 10.2 Å². The standard InChI is InChI=1S/C22H22N4O5S3/c1-12-5-3-8-15(26-22(29)25-11-18(27)28)19(12)13-6-4-7-14(9-13)34(30,31)17-10-16(20(23)24)33-21(17)32-2/h3-10H,11H2,1-2H3,(H3,23,24)(H,27,28)(H2,25,26,29). The molecule has 6 N–H and O–H groups in total. The Hall–Kier alpha value is -3.35. The van der Waals surface area contributed by atoms with E-state index in [0.29, 0.717) is 25.9 Å². The van der Waals surface area contributed by atoms with E-state index in [1.54, 1.807) is 30.5 Å². The molecule has 0 aliphatic heterocycles. The number of hydrogen-bond acceptors (Lipinski definition) is 7. The van der Waals surface area contributed by atoms with Gasteiger partial charge in [0.2, 0.25) is 9.84 Å². The van der Waals surface area contributed by atoms with Crippen molar-refractivity contribution in [1.82, 2.24) is 5.32 Å². The number of carbonyl (C=O) groups is 2. The Morgan fingerprint density at radius 2 is 1.88 bits per heavy atom. The molecule has 0 spiro atoms. The van der Waals surface area contributed by atoms with Crippen LogP contribution in [0.1, 0.15) is 10.4 Å². The fourth-order valence-corrected chi connectivity index (χ4v) is 7.15. The number of benzene rings is 2. The summed E-state index contributed by atoms with van der Waals surface area (Å²) in [6, 6.07) is 12.3. The van der Waals surface area contributed by atoms with E-state index in [2.05, 4.69) is 10.6 Å². The normalized spacial score (nSPS) is 11.1. The van der Waals surface area contributed by atoms with Gasteiger partial charge in [-0.05, 0) is 48.6 Å². The highest BCUT2D eigenvalue weighted by Crippen LogP contribution is 2.38. The summed E-state index contributed by atoms with van der Waals surface area (Å²) in [4.78, 5) is 23.4. The Morgan fingerprint density at radius 1 is 1.18 bits per heavy atom. The first-order chi connectivity index (χ1) is 16.0. The van der Waals surface area contributed by atoms with E-state index in [9.17, 15) is 18.0 Å². The van der Waals surface area contributed by atoms with Crippen LogP contribution in [0.4, 0.5) is 10.5 Å². The second-order valence-electron chi connectivity index (χ2n) is 7.11. The maximum absolute atomic E-state index is 13.5. The number of rotatable bonds is 8. The van der Waals surface area contributed by atoms with Gasteiger partial charge >= 0.3 is 12.0 Å². The van der Waals surface area contributed by atoms with Crippen molar-refractivity contribution in [2.75, 3.05) is 18.1 Å². The van der Waals surface area contributed by atoms with Crippen molar-refractivity contribution in [2.45, 2.75) is 20.9 Å². The van der Waals surface area contributed by atoms with Gasteiger partial charge in [-0.15, -0.1) is 23.1 Å². The summed E-state index contributed by atoms with van der Waals surface area (Å²) < 4.78 is 27.5. The first-order valence-electron chi connectivity index (χ1n) is 9.78. The average molecular weight is 519 g/mol. The number of nitrogens with two attached hydrogens (primary N) is 1. The zero-order valence-corrected chi connectivity index (χ0v) is 20.7. The number of aryl methyl sites for hydroxylation is 1. The first-order valence-corrected chi connectivity index (χ1v) is 13.3. The summed E-state index contributed by atoms with van der Waals surface area (Å²) in [5.41, 5.74) is 7.90. The Labute approximate surface area is 204 Å². The lowest BCUT2D eigenvalue weighted by atomic mass is 9.98. The molecule has 0 bridgehead atoms. The van der Waals surface area contributed by atoms with Crippen LogP contribution in [0.5, 0.6) is 0 Å². The number of thiophene rings is 1. The van der Waals surface area contributed by atoms with E-state index in [1.807, 2.05) is 13.0 Å². The van der Waals surface area contributed by atoms with Gasteiger partial charge in [0.25, 0.3) is 0 Å². The number of carbonyl (C=O) groups excluding carboxylic acids is 1. The highest BCUT2D eigenvalue weighted by Gasteiger charge is 2.25. The van der Waals surface area contributed by atoms with E-state index in [0.717, 1.165) is 16.9 Å². The summed E-state index contributed by atoms with van der Waals surface area (Å²) in [5.74, 6) is -1.38. The summed E-state index contributed by atoms with van der Waals surface area (Å²) in [6.07, 6.45) is 1.76. The topological polar surface area (TPSA) is 162 Å². The summed E-state index contributed by atoms with van der Waals surface area (Å²) in [6.45, 7) is 1.28. The van der Waals surface area contributed by atoms with E-state index >= 15 is 0 Å². The van der Waals surface area contributed by atoms with Gasteiger partial charge in [-0.2, -0.15) is 0 Å². The lowest BCUT2D eigenvalue weighted by Crippen LogP contribution is -2.33. The van der Waals surface area contributed by atoms with Gasteiger partial charge in [-0.1, -0.05) is 24.3 Å². The zero-order chi connectivity index (χ0) is 25.0. The number of hydrogen-bond donors (Lipinski definition) is 5. The van der Waals surface area contributed by atoms with Crippen LogP contribution in [0.15, 0.2) is 62.5 Å². The molecule has 34 heavy (non-hydrogen) atoms. The smallest absolute Gasteiger partial charge is 0.323 e. The second-order valence-corrected chi connectivity index (χ2v) is 11.2. The molecule has 0 saturated heterocycles. The van der Waals surface area contributed by atoms with Gasteiger partial charge in [0.1, 0.15) is 12.4 Å². The molecule has 1 aromatic heterocycles. The van der Waals surface area contributed by atoms with E-state index in [1.165, 1.54) is 30.0 Å². The van der Waals surface area contributed by atoms with Crippen LogP contribution in [0.2, 0.25) is 0 Å². The maximum atomic E-state index is 13.5. The molecule has 0 saturated carbocycles. The van der Waals surface area contributed by atoms with Crippen molar-refractivity contribution >= 4 is 56.5 Å². The second kappa shape index (κ2) is 10.3. The highest BCUT2D eigenvalue weighted by atomic mass is 32.2. The lowest BCUT2D eigenvalue weighted by molar-refractivity contribution is -0.135. The molecular formula is C22H22N4O5S3. The van der Waals surface area contributed by atoms with Gasteiger partial charge in [-0.25, -0.2) is 13.2 Å². The molecule has 2 aromatic carbocycles. The number of thioether (sulfide) groups is 1.